The van der Waals surface area contributed by atoms with Gasteiger partial charge in [-0.3, -0.25) is 0 Å². The minimum Gasteiger partial charge on any atom is -0.491 e. The number of halogens is 1. The van der Waals surface area contributed by atoms with Crippen LogP contribution in [0.1, 0.15) is 30.5 Å². The molecule has 0 aliphatic rings. The molecule has 0 bridgehead atoms. The Bertz CT molecular complexity index is 756. The van der Waals surface area contributed by atoms with E-state index >= 15 is 0 Å². The van der Waals surface area contributed by atoms with Crippen LogP contribution in [0.25, 0.3) is 0 Å². The highest BCUT2D eigenvalue weighted by Crippen LogP contribution is 2.34. The van der Waals surface area contributed by atoms with Crippen LogP contribution in [0.15, 0.2) is 42.5 Å². The zero-order valence-electron chi connectivity index (χ0n) is 17.6. The van der Waals surface area contributed by atoms with Gasteiger partial charge in [0.1, 0.15) is 36.9 Å². The molecule has 0 heterocycles. The minimum absolute atomic E-state index is 0. The largest absolute Gasteiger partial charge is 0.491 e. The maximum absolute atomic E-state index is 9.55. The molecule has 3 N–H and O–H groups in total. The Balaban J connectivity index is 0.00000420. The van der Waals surface area contributed by atoms with Gasteiger partial charge in [-0.1, -0.05) is 38.1 Å². The van der Waals surface area contributed by atoms with Gasteiger partial charge in [0.05, 0.1) is 12.5 Å². The van der Waals surface area contributed by atoms with Gasteiger partial charge in [0.25, 0.3) is 0 Å². The highest BCUT2D eigenvalue weighted by Gasteiger charge is 2.24. The van der Waals surface area contributed by atoms with Gasteiger partial charge in [0.2, 0.25) is 0 Å². The smallest absolute Gasteiger partial charge is 0.122 e. The molecular weight excluding hydrogens is 444 g/mol. The summed E-state index contributed by atoms with van der Waals surface area (Å²) in [5, 5.41) is 27.8. The van der Waals surface area contributed by atoms with E-state index in [-0.39, 0.29) is 58.1 Å². The molecule has 2 aromatic rings. The van der Waals surface area contributed by atoms with Crippen molar-refractivity contribution >= 4 is 38.6 Å². The summed E-state index contributed by atoms with van der Waals surface area (Å²) in [6.07, 6.45) is -1.57. The number of benzene rings is 2. The Morgan fingerprint density at radius 1 is 0.900 bits per heavy atom. The summed E-state index contributed by atoms with van der Waals surface area (Å²) >= 11 is 5.60. The highest BCUT2D eigenvalue weighted by atomic mass is 35.5. The zero-order valence-corrected chi connectivity index (χ0v) is 20.3. The predicted molar refractivity (Wildman–Crippen MR) is 131 cm³/mol. The molecule has 0 unspecified atom stereocenters. The van der Waals surface area contributed by atoms with E-state index in [0.29, 0.717) is 5.75 Å². The van der Waals surface area contributed by atoms with E-state index in [1.54, 1.807) is 0 Å². The first-order valence-electron chi connectivity index (χ1n) is 9.28. The van der Waals surface area contributed by atoms with E-state index < -0.39 is 12.2 Å². The number of rotatable bonds is 10. The molecule has 2 atom stereocenters. The van der Waals surface area contributed by atoms with Crippen LogP contribution in [0, 0.1) is 6.92 Å². The summed E-state index contributed by atoms with van der Waals surface area (Å²) in [5.74, 6) is 1.52. The number of aliphatic hydroxyl groups is 3. The highest BCUT2D eigenvalue weighted by molar-refractivity contribution is 7.59. The molecule has 170 valence electrons. The van der Waals surface area contributed by atoms with Crippen LogP contribution < -0.4 is 9.47 Å². The summed E-state index contributed by atoms with van der Waals surface area (Å²) in [5.41, 5.74) is 3.01. The van der Waals surface area contributed by atoms with Crippen LogP contribution in [0.3, 0.4) is 0 Å². The lowest BCUT2D eigenvalue weighted by atomic mass is 9.77. The van der Waals surface area contributed by atoms with E-state index in [4.69, 9.17) is 26.2 Å². The zero-order chi connectivity index (χ0) is 20.7. The number of ether oxygens (including phenoxy) is 2. The van der Waals surface area contributed by atoms with Gasteiger partial charge < -0.3 is 24.8 Å². The Morgan fingerprint density at radius 3 is 2.00 bits per heavy atom. The first kappa shape index (κ1) is 28.9. The van der Waals surface area contributed by atoms with Crippen molar-refractivity contribution in [3.63, 3.8) is 0 Å². The van der Waals surface area contributed by atoms with Gasteiger partial charge in [0.15, 0.2) is 0 Å². The predicted octanol–water partition coefficient (Wildman–Crippen LogP) is 3.26. The standard InChI is InChI=1S/C22H29ClO5.2H2S/c1-15-10-17(6-9-21(15)28-13-18(25)11-23)22(2,3)16-4-7-20(8-5-16)27-14-19(26)12-24;;/h4-10,18-19,24-26H,11-14H2,1-3H3;2*1H2/t18-,19+;;/m1../s1. The summed E-state index contributed by atoms with van der Waals surface area (Å²) in [6, 6.07) is 13.7. The number of aliphatic hydroxyl groups excluding tert-OH is 3. The van der Waals surface area contributed by atoms with Crippen LogP contribution in [0.5, 0.6) is 11.5 Å². The molecule has 0 amide bonds. The van der Waals surface area contributed by atoms with Gasteiger partial charge in [-0.15, -0.1) is 11.6 Å². The van der Waals surface area contributed by atoms with Crippen molar-refractivity contribution in [1.29, 1.82) is 0 Å². The molecule has 0 fully saturated rings. The number of aryl methyl sites for hydroxylation is 1. The van der Waals surface area contributed by atoms with E-state index in [2.05, 4.69) is 19.9 Å². The third-order valence-electron chi connectivity index (χ3n) is 4.74. The second-order valence-electron chi connectivity index (χ2n) is 7.40. The topological polar surface area (TPSA) is 79.2 Å². The minimum atomic E-state index is -0.884. The van der Waals surface area contributed by atoms with E-state index in [1.807, 2.05) is 43.3 Å². The Hall–Kier alpha value is -1.09. The maximum Gasteiger partial charge on any atom is 0.122 e. The summed E-state index contributed by atoms with van der Waals surface area (Å²) in [4.78, 5) is 0. The van der Waals surface area contributed by atoms with Crippen molar-refractivity contribution in [2.24, 2.45) is 0 Å². The van der Waals surface area contributed by atoms with Gasteiger partial charge in [0, 0.05) is 5.41 Å². The molecule has 2 rings (SSSR count). The molecule has 2 aromatic carbocycles. The second kappa shape index (κ2) is 13.3. The lowest BCUT2D eigenvalue weighted by Crippen LogP contribution is -2.22. The van der Waals surface area contributed by atoms with Crippen molar-refractivity contribution in [1.82, 2.24) is 0 Å². The lowest BCUT2D eigenvalue weighted by molar-refractivity contribution is 0.0536. The molecule has 0 saturated carbocycles. The molecule has 5 nitrogen and oxygen atoms in total. The van der Waals surface area contributed by atoms with Crippen LogP contribution in [0.2, 0.25) is 0 Å². The van der Waals surface area contributed by atoms with Gasteiger partial charge in [-0.05, 0) is 41.8 Å². The Kier molecular flexibility index (Phi) is 12.9. The molecule has 0 aliphatic heterocycles. The summed E-state index contributed by atoms with van der Waals surface area (Å²) < 4.78 is 11.1. The summed E-state index contributed by atoms with van der Waals surface area (Å²) in [7, 11) is 0. The first-order valence-corrected chi connectivity index (χ1v) is 9.81. The number of alkyl halides is 1. The van der Waals surface area contributed by atoms with E-state index in [0.717, 1.165) is 22.4 Å². The SMILES string of the molecule is Cc1cc(C(C)(C)c2ccc(OC[C@@H](O)CO)cc2)ccc1OC[C@H](O)CCl.S.S. The monoisotopic (exact) mass is 476 g/mol. The van der Waals surface area contributed by atoms with Crippen molar-refractivity contribution < 1.29 is 24.8 Å². The van der Waals surface area contributed by atoms with Gasteiger partial charge >= 0.3 is 0 Å². The maximum atomic E-state index is 9.55. The average Bonchev–Trinajstić information content (AvgIpc) is 2.70. The van der Waals surface area contributed by atoms with Crippen LogP contribution >= 0.6 is 38.6 Å². The number of hydrogen-bond acceptors (Lipinski definition) is 5. The molecule has 0 aliphatic carbocycles. The van der Waals surface area contributed by atoms with Crippen LogP contribution in [-0.4, -0.2) is 53.2 Å². The molecule has 0 saturated heterocycles. The molecule has 8 heteroatoms. The van der Waals surface area contributed by atoms with E-state index in [9.17, 15) is 10.2 Å². The van der Waals surface area contributed by atoms with Gasteiger partial charge in [-0.2, -0.15) is 27.0 Å². The fourth-order valence-corrected chi connectivity index (χ4v) is 2.90. The fourth-order valence-electron chi connectivity index (χ4n) is 2.81. The normalized spacial score (nSPS) is 12.9. The fraction of sp³-hybridized carbons (Fsp3) is 0.455. The molecule has 0 radical (unpaired) electrons. The Labute approximate surface area is 197 Å². The van der Waals surface area contributed by atoms with Gasteiger partial charge in [-0.25, -0.2) is 0 Å². The Morgan fingerprint density at radius 2 is 1.47 bits per heavy atom. The average molecular weight is 477 g/mol. The van der Waals surface area contributed by atoms with Crippen molar-refractivity contribution in [2.75, 3.05) is 25.7 Å². The van der Waals surface area contributed by atoms with E-state index in [1.165, 1.54) is 0 Å². The molecule has 0 aromatic heterocycles. The quantitative estimate of drug-likeness (QED) is 0.459. The van der Waals surface area contributed by atoms with Crippen molar-refractivity contribution in [3.8, 4) is 11.5 Å². The van der Waals surface area contributed by atoms with Crippen molar-refractivity contribution in [2.45, 2.75) is 38.4 Å². The molecule has 0 spiro atoms. The molecule has 30 heavy (non-hydrogen) atoms. The lowest BCUT2D eigenvalue weighted by Gasteiger charge is -2.27. The molecular formula is C22H33ClO5S2. The number of hydrogen-bond donors (Lipinski definition) is 3. The first-order chi connectivity index (χ1) is 13.3. The third-order valence-corrected chi connectivity index (χ3v) is 5.09. The second-order valence-corrected chi connectivity index (χ2v) is 7.70. The summed E-state index contributed by atoms with van der Waals surface area (Å²) in [6.45, 7) is 6.16. The third kappa shape index (κ3) is 7.87. The van der Waals surface area contributed by atoms with Crippen molar-refractivity contribution in [3.05, 3.63) is 59.2 Å². The van der Waals surface area contributed by atoms with Crippen LogP contribution in [-0.2, 0) is 5.41 Å². The van der Waals surface area contributed by atoms with Crippen LogP contribution in [0.4, 0.5) is 0 Å².